The SMILES string of the molecule is CCCn1c(SCC(=O)Nc2ccc(C(C)C)cc2)nc2cn(C)nc2c1=O. The number of hydrogen-bond acceptors (Lipinski definition) is 5. The molecule has 0 spiro atoms. The van der Waals surface area contributed by atoms with Gasteiger partial charge in [0.2, 0.25) is 5.91 Å². The molecule has 3 aromatic rings. The summed E-state index contributed by atoms with van der Waals surface area (Å²) in [5.41, 5.74) is 2.73. The summed E-state index contributed by atoms with van der Waals surface area (Å²) in [7, 11) is 1.76. The first-order valence-corrected chi connectivity index (χ1v) is 10.3. The van der Waals surface area contributed by atoms with Gasteiger partial charge < -0.3 is 5.32 Å². The van der Waals surface area contributed by atoms with E-state index < -0.39 is 0 Å². The molecule has 7 nitrogen and oxygen atoms in total. The average Bonchev–Trinajstić information content (AvgIpc) is 3.04. The van der Waals surface area contributed by atoms with Gasteiger partial charge >= 0.3 is 0 Å². The van der Waals surface area contributed by atoms with E-state index in [0.717, 1.165) is 12.1 Å². The minimum Gasteiger partial charge on any atom is -0.325 e. The minimum atomic E-state index is -0.167. The number of rotatable bonds is 7. The van der Waals surface area contributed by atoms with Crippen molar-refractivity contribution in [2.45, 2.75) is 44.8 Å². The minimum absolute atomic E-state index is 0.133. The number of carbonyl (C=O) groups is 1. The molecule has 1 aromatic carbocycles. The monoisotopic (exact) mass is 399 g/mol. The number of aromatic nitrogens is 4. The van der Waals surface area contributed by atoms with Crippen molar-refractivity contribution < 1.29 is 4.79 Å². The van der Waals surface area contributed by atoms with Crippen LogP contribution in [-0.2, 0) is 18.4 Å². The molecule has 3 rings (SSSR count). The van der Waals surface area contributed by atoms with Crippen LogP contribution in [0.1, 0.15) is 38.7 Å². The Bertz CT molecular complexity index is 1040. The number of thioether (sulfide) groups is 1. The first kappa shape index (κ1) is 20.1. The molecule has 0 saturated heterocycles. The van der Waals surface area contributed by atoms with Crippen molar-refractivity contribution in [2.24, 2.45) is 7.05 Å². The second-order valence-corrected chi connectivity index (χ2v) is 7.94. The first-order valence-electron chi connectivity index (χ1n) is 9.35. The Morgan fingerprint density at radius 3 is 2.61 bits per heavy atom. The van der Waals surface area contributed by atoms with Crippen LogP contribution in [0.5, 0.6) is 0 Å². The molecule has 1 N–H and O–H groups in total. The van der Waals surface area contributed by atoms with Crippen LogP contribution in [0.2, 0.25) is 0 Å². The third kappa shape index (κ3) is 4.44. The zero-order valence-corrected chi connectivity index (χ0v) is 17.4. The van der Waals surface area contributed by atoms with Gasteiger partial charge in [-0.3, -0.25) is 18.8 Å². The molecule has 0 unspecified atom stereocenters. The number of amides is 1. The summed E-state index contributed by atoms with van der Waals surface area (Å²) in [6.07, 6.45) is 2.51. The van der Waals surface area contributed by atoms with Crippen LogP contribution in [-0.4, -0.2) is 31.0 Å². The Balaban J connectivity index is 1.74. The number of nitrogens with zero attached hydrogens (tertiary/aromatic N) is 4. The Kier molecular flexibility index (Phi) is 6.18. The quantitative estimate of drug-likeness (QED) is 0.486. The highest BCUT2D eigenvalue weighted by Crippen LogP contribution is 2.20. The second kappa shape index (κ2) is 8.60. The van der Waals surface area contributed by atoms with E-state index in [9.17, 15) is 9.59 Å². The number of fused-ring (bicyclic) bond motifs is 1. The summed E-state index contributed by atoms with van der Waals surface area (Å²) in [5.74, 6) is 0.489. The molecule has 1 amide bonds. The summed E-state index contributed by atoms with van der Waals surface area (Å²) < 4.78 is 3.18. The molecule has 8 heteroatoms. The van der Waals surface area contributed by atoms with Crippen LogP contribution in [0.25, 0.3) is 11.0 Å². The van der Waals surface area contributed by atoms with Crippen LogP contribution >= 0.6 is 11.8 Å². The molecule has 2 aromatic heterocycles. The van der Waals surface area contributed by atoms with Gasteiger partial charge in [0.05, 0.1) is 11.9 Å². The number of carbonyl (C=O) groups excluding carboxylic acids is 1. The first-order chi connectivity index (χ1) is 13.4. The third-order valence-corrected chi connectivity index (χ3v) is 5.32. The highest BCUT2D eigenvalue weighted by Gasteiger charge is 2.15. The van der Waals surface area contributed by atoms with E-state index in [1.165, 1.54) is 17.3 Å². The van der Waals surface area contributed by atoms with Crippen molar-refractivity contribution in [3.8, 4) is 0 Å². The summed E-state index contributed by atoms with van der Waals surface area (Å²) in [6, 6.07) is 7.85. The van der Waals surface area contributed by atoms with E-state index in [1.807, 2.05) is 31.2 Å². The summed E-state index contributed by atoms with van der Waals surface area (Å²) in [5, 5.41) is 7.63. The van der Waals surface area contributed by atoms with Crippen LogP contribution in [0.4, 0.5) is 5.69 Å². The van der Waals surface area contributed by atoms with Gasteiger partial charge in [-0.05, 0) is 30.0 Å². The lowest BCUT2D eigenvalue weighted by atomic mass is 10.0. The molecule has 0 aliphatic rings. The van der Waals surface area contributed by atoms with Gasteiger partial charge in [-0.25, -0.2) is 4.98 Å². The van der Waals surface area contributed by atoms with Crippen molar-refractivity contribution in [1.82, 2.24) is 19.3 Å². The van der Waals surface area contributed by atoms with E-state index in [1.54, 1.807) is 22.5 Å². The molecule has 0 atom stereocenters. The summed E-state index contributed by atoms with van der Waals surface area (Å²) in [6.45, 7) is 6.80. The Labute approximate surface area is 168 Å². The molecule has 148 valence electrons. The lowest BCUT2D eigenvalue weighted by Crippen LogP contribution is -2.24. The predicted octanol–water partition coefficient (Wildman–Crippen LogP) is 3.39. The van der Waals surface area contributed by atoms with Gasteiger partial charge in [0, 0.05) is 19.3 Å². The molecule has 0 saturated carbocycles. The maximum atomic E-state index is 12.7. The van der Waals surface area contributed by atoms with Crippen LogP contribution in [0.3, 0.4) is 0 Å². The zero-order valence-electron chi connectivity index (χ0n) is 16.6. The molecule has 0 fully saturated rings. The second-order valence-electron chi connectivity index (χ2n) is 7.00. The van der Waals surface area contributed by atoms with E-state index in [0.29, 0.717) is 28.7 Å². The number of nitrogens with one attached hydrogen (secondary N) is 1. The predicted molar refractivity (Wildman–Crippen MR) is 113 cm³/mol. The van der Waals surface area contributed by atoms with Crippen molar-refractivity contribution >= 4 is 34.4 Å². The van der Waals surface area contributed by atoms with Crippen molar-refractivity contribution in [1.29, 1.82) is 0 Å². The number of aryl methyl sites for hydroxylation is 1. The Morgan fingerprint density at radius 1 is 1.25 bits per heavy atom. The maximum Gasteiger partial charge on any atom is 0.282 e. The Morgan fingerprint density at radius 2 is 1.96 bits per heavy atom. The van der Waals surface area contributed by atoms with Crippen LogP contribution in [0.15, 0.2) is 40.4 Å². The fourth-order valence-corrected chi connectivity index (χ4v) is 3.72. The van der Waals surface area contributed by atoms with E-state index in [-0.39, 0.29) is 17.2 Å². The van der Waals surface area contributed by atoms with Crippen LogP contribution in [0, 0.1) is 0 Å². The van der Waals surface area contributed by atoms with E-state index >= 15 is 0 Å². The van der Waals surface area contributed by atoms with Gasteiger partial charge in [-0.15, -0.1) is 0 Å². The fourth-order valence-electron chi connectivity index (χ4n) is 2.90. The molecular formula is C20H25N5O2S. The van der Waals surface area contributed by atoms with Gasteiger partial charge in [-0.1, -0.05) is 44.7 Å². The fraction of sp³-hybridized carbons (Fsp3) is 0.400. The molecule has 0 radical (unpaired) electrons. The largest absolute Gasteiger partial charge is 0.325 e. The molecule has 0 aliphatic carbocycles. The average molecular weight is 400 g/mol. The van der Waals surface area contributed by atoms with Gasteiger partial charge in [0.25, 0.3) is 5.56 Å². The molecule has 2 heterocycles. The summed E-state index contributed by atoms with van der Waals surface area (Å²) in [4.78, 5) is 29.6. The topological polar surface area (TPSA) is 81.8 Å². The Hall–Kier alpha value is -2.61. The van der Waals surface area contributed by atoms with Crippen molar-refractivity contribution in [3.63, 3.8) is 0 Å². The molecule has 0 bridgehead atoms. The van der Waals surface area contributed by atoms with Crippen molar-refractivity contribution in [2.75, 3.05) is 11.1 Å². The highest BCUT2D eigenvalue weighted by molar-refractivity contribution is 7.99. The van der Waals surface area contributed by atoms with E-state index in [4.69, 9.17) is 0 Å². The summed E-state index contributed by atoms with van der Waals surface area (Å²) >= 11 is 1.26. The molecule has 0 aliphatic heterocycles. The number of anilines is 1. The number of hydrogen-bond donors (Lipinski definition) is 1. The van der Waals surface area contributed by atoms with Gasteiger partial charge in [0.1, 0.15) is 5.52 Å². The van der Waals surface area contributed by atoms with Gasteiger partial charge in [0.15, 0.2) is 10.7 Å². The maximum absolute atomic E-state index is 12.7. The normalized spacial score (nSPS) is 11.3. The lowest BCUT2D eigenvalue weighted by molar-refractivity contribution is -0.113. The number of benzene rings is 1. The molecular weight excluding hydrogens is 374 g/mol. The van der Waals surface area contributed by atoms with Crippen molar-refractivity contribution in [3.05, 3.63) is 46.4 Å². The lowest BCUT2D eigenvalue weighted by Gasteiger charge is -2.11. The molecule has 28 heavy (non-hydrogen) atoms. The zero-order chi connectivity index (χ0) is 20.3. The van der Waals surface area contributed by atoms with Crippen LogP contribution < -0.4 is 10.9 Å². The standard InChI is InChI=1S/C20H25N5O2S/c1-5-10-25-19(27)18-16(11-24(4)23-18)22-20(25)28-12-17(26)21-15-8-6-14(7-9-15)13(2)3/h6-9,11,13H,5,10,12H2,1-4H3,(H,21,26). The highest BCUT2D eigenvalue weighted by atomic mass is 32.2. The third-order valence-electron chi connectivity index (χ3n) is 4.34. The van der Waals surface area contributed by atoms with E-state index in [2.05, 4.69) is 29.2 Å². The smallest absolute Gasteiger partial charge is 0.282 e. The van der Waals surface area contributed by atoms with Gasteiger partial charge in [-0.2, -0.15) is 5.10 Å².